The molecule has 0 aliphatic heterocycles. The lowest BCUT2D eigenvalue weighted by molar-refractivity contribution is 0.0502. The van der Waals surface area contributed by atoms with E-state index in [1.165, 1.54) is 7.11 Å². The van der Waals surface area contributed by atoms with Crippen molar-refractivity contribution >= 4 is 17.6 Å². The molecule has 0 fully saturated rings. The minimum Gasteiger partial charge on any atom is -0.496 e. The van der Waals surface area contributed by atoms with Gasteiger partial charge in [-0.1, -0.05) is 12.1 Å². The minimum absolute atomic E-state index is 0.334. The molecular weight excluding hydrogens is 216 g/mol. The van der Waals surface area contributed by atoms with Crippen LogP contribution in [0.2, 0.25) is 0 Å². The maximum absolute atomic E-state index is 11.6. The molecule has 1 aromatic carbocycles. The Bertz CT molecular complexity index is 325. The van der Waals surface area contributed by atoms with Gasteiger partial charge < -0.3 is 9.47 Å². The van der Waals surface area contributed by atoms with Gasteiger partial charge in [0, 0.05) is 5.88 Å². The Kier molecular flexibility index (Phi) is 4.98. The van der Waals surface area contributed by atoms with Gasteiger partial charge in [-0.05, 0) is 18.6 Å². The molecule has 0 spiro atoms. The summed E-state index contributed by atoms with van der Waals surface area (Å²) >= 11 is 5.47. The van der Waals surface area contributed by atoms with Crippen molar-refractivity contribution in [2.75, 3.05) is 19.6 Å². The van der Waals surface area contributed by atoms with Crippen LogP contribution in [0.5, 0.6) is 5.75 Å². The van der Waals surface area contributed by atoms with Crippen LogP contribution in [0.25, 0.3) is 0 Å². The number of para-hydroxylation sites is 1. The van der Waals surface area contributed by atoms with Crippen molar-refractivity contribution in [1.82, 2.24) is 0 Å². The highest BCUT2D eigenvalue weighted by Crippen LogP contribution is 2.18. The highest BCUT2D eigenvalue weighted by molar-refractivity contribution is 6.17. The molecule has 0 aliphatic rings. The second-order valence-corrected chi connectivity index (χ2v) is 3.26. The van der Waals surface area contributed by atoms with Gasteiger partial charge in [0.05, 0.1) is 13.7 Å². The molecular formula is C11H13ClO3. The van der Waals surface area contributed by atoms with Crippen molar-refractivity contribution < 1.29 is 14.3 Å². The summed E-state index contributed by atoms with van der Waals surface area (Å²) in [6.45, 7) is 0.334. The summed E-state index contributed by atoms with van der Waals surface area (Å²) in [5.74, 6) is 0.630. The zero-order valence-corrected chi connectivity index (χ0v) is 9.29. The summed E-state index contributed by atoms with van der Waals surface area (Å²) < 4.78 is 10.1. The minimum atomic E-state index is -0.377. The topological polar surface area (TPSA) is 35.5 Å². The van der Waals surface area contributed by atoms with E-state index in [0.29, 0.717) is 30.2 Å². The van der Waals surface area contributed by atoms with Crippen molar-refractivity contribution in [2.24, 2.45) is 0 Å². The van der Waals surface area contributed by atoms with Crippen LogP contribution < -0.4 is 4.74 Å². The zero-order chi connectivity index (χ0) is 11.1. The van der Waals surface area contributed by atoms with Crippen molar-refractivity contribution in [3.63, 3.8) is 0 Å². The second-order valence-electron chi connectivity index (χ2n) is 2.88. The third-order valence-corrected chi connectivity index (χ3v) is 2.11. The molecule has 0 aliphatic carbocycles. The molecule has 0 amide bonds. The van der Waals surface area contributed by atoms with Crippen LogP contribution in [0.1, 0.15) is 16.8 Å². The largest absolute Gasteiger partial charge is 0.496 e. The Morgan fingerprint density at radius 3 is 2.80 bits per heavy atom. The number of hydrogen-bond acceptors (Lipinski definition) is 3. The average Bonchev–Trinajstić information content (AvgIpc) is 2.29. The fraction of sp³-hybridized carbons (Fsp3) is 0.364. The molecule has 3 nitrogen and oxygen atoms in total. The van der Waals surface area contributed by atoms with Gasteiger partial charge in [-0.3, -0.25) is 0 Å². The van der Waals surface area contributed by atoms with Crippen LogP contribution in [0.3, 0.4) is 0 Å². The first-order valence-corrected chi connectivity index (χ1v) is 5.19. The van der Waals surface area contributed by atoms with Crippen LogP contribution in [0.4, 0.5) is 0 Å². The molecule has 0 unspecified atom stereocenters. The van der Waals surface area contributed by atoms with Crippen LogP contribution in [-0.2, 0) is 4.74 Å². The zero-order valence-electron chi connectivity index (χ0n) is 8.53. The lowest BCUT2D eigenvalue weighted by atomic mass is 10.2. The van der Waals surface area contributed by atoms with Gasteiger partial charge in [0.15, 0.2) is 0 Å². The van der Waals surface area contributed by atoms with Gasteiger partial charge in [-0.2, -0.15) is 0 Å². The molecule has 0 heterocycles. The third kappa shape index (κ3) is 3.44. The number of carbonyl (C=O) groups is 1. The predicted molar refractivity (Wildman–Crippen MR) is 58.6 cm³/mol. The van der Waals surface area contributed by atoms with Crippen molar-refractivity contribution in [2.45, 2.75) is 6.42 Å². The maximum atomic E-state index is 11.6. The molecule has 82 valence electrons. The maximum Gasteiger partial charge on any atom is 0.341 e. The Hall–Kier alpha value is -1.22. The number of methoxy groups -OCH3 is 1. The normalized spacial score (nSPS) is 9.73. The summed E-state index contributed by atoms with van der Waals surface area (Å²) in [5.41, 5.74) is 0.439. The molecule has 15 heavy (non-hydrogen) atoms. The fourth-order valence-corrected chi connectivity index (χ4v) is 1.22. The van der Waals surface area contributed by atoms with Gasteiger partial charge in [0.1, 0.15) is 11.3 Å². The molecule has 4 heteroatoms. The first-order chi connectivity index (χ1) is 7.29. The first kappa shape index (κ1) is 11.9. The van der Waals surface area contributed by atoms with Crippen molar-refractivity contribution in [3.8, 4) is 5.75 Å². The SMILES string of the molecule is COc1ccccc1C(=O)OCCCCl. The molecule has 0 saturated carbocycles. The number of benzene rings is 1. The summed E-state index contributed by atoms with van der Waals surface area (Å²) in [5, 5.41) is 0. The number of hydrogen-bond donors (Lipinski definition) is 0. The van der Waals surface area contributed by atoms with Gasteiger partial charge in [-0.15, -0.1) is 11.6 Å². The van der Waals surface area contributed by atoms with E-state index in [0.717, 1.165) is 0 Å². The number of ether oxygens (including phenoxy) is 2. The van der Waals surface area contributed by atoms with E-state index >= 15 is 0 Å². The van der Waals surface area contributed by atoms with E-state index in [1.54, 1.807) is 24.3 Å². The van der Waals surface area contributed by atoms with Gasteiger partial charge in [0.25, 0.3) is 0 Å². The molecule has 1 rings (SSSR count). The summed E-state index contributed by atoms with van der Waals surface area (Å²) in [4.78, 5) is 11.6. The average molecular weight is 229 g/mol. The van der Waals surface area contributed by atoms with Gasteiger partial charge in [-0.25, -0.2) is 4.79 Å². The van der Waals surface area contributed by atoms with Gasteiger partial charge in [0.2, 0.25) is 0 Å². The Balaban J connectivity index is 2.64. The monoisotopic (exact) mass is 228 g/mol. The molecule has 0 radical (unpaired) electrons. The van der Waals surface area contributed by atoms with Crippen LogP contribution in [-0.4, -0.2) is 25.6 Å². The van der Waals surface area contributed by atoms with Crippen molar-refractivity contribution in [3.05, 3.63) is 29.8 Å². The van der Waals surface area contributed by atoms with Crippen LogP contribution in [0, 0.1) is 0 Å². The molecule has 0 bridgehead atoms. The molecule has 0 atom stereocenters. The fourth-order valence-electron chi connectivity index (χ4n) is 1.11. The number of alkyl halides is 1. The van der Waals surface area contributed by atoms with Gasteiger partial charge >= 0.3 is 5.97 Å². The first-order valence-electron chi connectivity index (χ1n) is 4.65. The molecule has 1 aromatic rings. The number of carbonyl (C=O) groups excluding carboxylic acids is 1. The lowest BCUT2D eigenvalue weighted by Gasteiger charge is -2.07. The molecule has 0 aromatic heterocycles. The summed E-state index contributed by atoms with van der Waals surface area (Å²) in [6, 6.07) is 6.95. The van der Waals surface area contributed by atoms with Crippen LogP contribution in [0.15, 0.2) is 24.3 Å². The smallest absolute Gasteiger partial charge is 0.341 e. The van der Waals surface area contributed by atoms with E-state index in [-0.39, 0.29) is 5.97 Å². The Morgan fingerprint density at radius 2 is 2.13 bits per heavy atom. The van der Waals surface area contributed by atoms with E-state index in [1.807, 2.05) is 0 Å². The lowest BCUT2D eigenvalue weighted by Crippen LogP contribution is -2.08. The summed E-state index contributed by atoms with van der Waals surface area (Å²) in [6.07, 6.45) is 0.655. The number of halogens is 1. The summed E-state index contributed by atoms with van der Waals surface area (Å²) in [7, 11) is 1.52. The number of rotatable bonds is 5. The predicted octanol–water partition coefficient (Wildman–Crippen LogP) is 2.48. The highest BCUT2D eigenvalue weighted by atomic mass is 35.5. The number of esters is 1. The molecule has 0 N–H and O–H groups in total. The third-order valence-electron chi connectivity index (χ3n) is 1.84. The van der Waals surface area contributed by atoms with E-state index in [4.69, 9.17) is 21.1 Å². The standard InChI is InChI=1S/C11H13ClO3/c1-14-10-6-3-2-5-9(10)11(13)15-8-4-7-12/h2-3,5-6H,4,7-8H2,1H3. The van der Waals surface area contributed by atoms with Crippen LogP contribution >= 0.6 is 11.6 Å². The van der Waals surface area contributed by atoms with E-state index in [2.05, 4.69) is 0 Å². The quantitative estimate of drug-likeness (QED) is 0.441. The highest BCUT2D eigenvalue weighted by Gasteiger charge is 2.11. The Morgan fingerprint density at radius 1 is 1.40 bits per heavy atom. The molecule has 0 saturated heterocycles. The van der Waals surface area contributed by atoms with Crippen molar-refractivity contribution in [1.29, 1.82) is 0 Å². The van der Waals surface area contributed by atoms with E-state index < -0.39 is 0 Å². The second kappa shape index (κ2) is 6.30. The Labute approximate surface area is 93.9 Å². The van der Waals surface area contributed by atoms with E-state index in [9.17, 15) is 4.79 Å².